The first-order valence-electron chi connectivity index (χ1n) is 14.2. The number of benzene rings is 1. The fourth-order valence-electron chi connectivity index (χ4n) is 5.14. The summed E-state index contributed by atoms with van der Waals surface area (Å²) in [5.74, 6) is 0.697. The van der Waals surface area contributed by atoms with Crippen LogP contribution in [0.15, 0.2) is 24.3 Å². The molecule has 0 saturated carbocycles. The van der Waals surface area contributed by atoms with Gasteiger partial charge in [0.1, 0.15) is 6.54 Å². The molecule has 36 heavy (non-hydrogen) atoms. The monoisotopic (exact) mass is 638 g/mol. The van der Waals surface area contributed by atoms with E-state index in [1.807, 2.05) is 21.1 Å². The topological polar surface area (TPSA) is 77.8 Å². The molecule has 0 amide bonds. The molecule has 0 fully saturated rings. The third-order valence-electron chi connectivity index (χ3n) is 7.15. The number of hydrogen-bond donors (Lipinski definition) is 3. The van der Waals surface area contributed by atoms with Gasteiger partial charge in [0.15, 0.2) is 0 Å². The Morgan fingerprint density at radius 2 is 1.25 bits per heavy atom. The number of quaternary nitrogens is 1. The van der Waals surface area contributed by atoms with Crippen LogP contribution in [0, 0.1) is 3.57 Å². The first-order valence-corrected chi connectivity index (χ1v) is 16.9. The van der Waals surface area contributed by atoms with E-state index in [1.54, 1.807) is 0 Å². The van der Waals surface area contributed by atoms with Crippen LogP contribution in [0.5, 0.6) is 0 Å². The molecule has 0 heterocycles. The minimum atomic E-state index is -4.56. The predicted octanol–water partition coefficient (Wildman–Crippen LogP) is 8.21. The van der Waals surface area contributed by atoms with Gasteiger partial charge in [-0.1, -0.05) is 96.1 Å². The maximum Gasteiger partial charge on any atom is 0.362 e. The fourth-order valence-corrected chi connectivity index (χ4v) is 6.56. The molecule has 1 rings (SSSR count). The first kappa shape index (κ1) is 34.0. The lowest BCUT2D eigenvalue weighted by atomic mass is 9.88. The third kappa shape index (κ3) is 14.8. The average molecular weight is 639 g/mol. The molecule has 0 aliphatic heterocycles. The summed E-state index contributed by atoms with van der Waals surface area (Å²) in [6.07, 6.45) is 18.3. The highest BCUT2D eigenvalue weighted by Gasteiger charge is 2.48. The summed E-state index contributed by atoms with van der Waals surface area (Å²) in [6, 6.07) is 9.14. The Balaban J connectivity index is 2.22. The quantitative estimate of drug-likeness (QED) is 0.0549. The minimum Gasteiger partial charge on any atom is -0.373 e. The Hall–Kier alpha value is 0.0200. The molecule has 0 aliphatic carbocycles. The lowest BCUT2D eigenvalue weighted by Gasteiger charge is -2.35. The van der Waals surface area contributed by atoms with Gasteiger partial charge < -0.3 is 19.4 Å². The van der Waals surface area contributed by atoms with Crippen molar-refractivity contribution in [1.29, 1.82) is 0 Å². The van der Waals surface area contributed by atoms with E-state index in [4.69, 9.17) is 0 Å². The number of halogens is 1. The molecule has 0 saturated heterocycles. The van der Waals surface area contributed by atoms with Gasteiger partial charge in [-0.3, -0.25) is 4.57 Å². The smallest absolute Gasteiger partial charge is 0.362 e. The molecule has 0 aliphatic rings. The second kappa shape index (κ2) is 17.6. The van der Waals surface area contributed by atoms with Crippen molar-refractivity contribution >= 4 is 30.2 Å². The van der Waals surface area contributed by atoms with Crippen molar-refractivity contribution in [3.05, 3.63) is 33.4 Å². The number of nitrogens with zero attached hydrogens (tertiary/aromatic N) is 1. The predicted molar refractivity (Wildman–Crippen MR) is 161 cm³/mol. The fraction of sp³-hybridized carbons (Fsp3) is 0.793. The van der Waals surface area contributed by atoms with Gasteiger partial charge in [0.05, 0.1) is 21.1 Å². The van der Waals surface area contributed by atoms with Gasteiger partial charge in [-0.2, -0.15) is 0 Å². The van der Waals surface area contributed by atoms with E-state index in [0.717, 1.165) is 19.3 Å². The molecule has 5 nitrogen and oxygen atoms in total. The number of hydrogen-bond acceptors (Lipinski definition) is 2. The molecule has 0 radical (unpaired) electrons. The van der Waals surface area contributed by atoms with Gasteiger partial charge in [0.25, 0.3) is 0 Å². The molecular weight excluding hydrogens is 584 g/mol. The Kier molecular flexibility index (Phi) is 16.6. The summed E-state index contributed by atoms with van der Waals surface area (Å²) in [7, 11) is 0.971. The van der Waals surface area contributed by atoms with Crippen LogP contribution in [0.1, 0.15) is 121 Å². The van der Waals surface area contributed by atoms with Crippen LogP contribution in [0.2, 0.25) is 0 Å². The van der Waals surface area contributed by atoms with Crippen LogP contribution in [0.4, 0.5) is 0 Å². The zero-order valence-corrected chi connectivity index (χ0v) is 26.5. The maximum absolute atomic E-state index is 11.9. The van der Waals surface area contributed by atoms with Crippen LogP contribution in [-0.2, 0) is 4.57 Å². The average Bonchev–Trinajstić information content (AvgIpc) is 2.77. The van der Waals surface area contributed by atoms with E-state index in [9.17, 15) is 19.5 Å². The second-order valence-electron chi connectivity index (χ2n) is 11.8. The molecule has 3 N–H and O–H groups in total. The van der Waals surface area contributed by atoms with Gasteiger partial charge in [-0.15, -0.1) is 0 Å². The van der Waals surface area contributed by atoms with Crippen LogP contribution in [-0.4, -0.2) is 52.4 Å². The van der Waals surface area contributed by atoms with Gasteiger partial charge in [-0.05, 0) is 71.9 Å². The zero-order chi connectivity index (χ0) is 27.1. The van der Waals surface area contributed by atoms with Crippen molar-refractivity contribution in [2.75, 3.05) is 27.7 Å². The normalized spacial score (nSPS) is 15.1. The minimum absolute atomic E-state index is 0.0560. The lowest BCUT2D eigenvalue weighted by Crippen LogP contribution is -2.49. The van der Waals surface area contributed by atoms with E-state index in [2.05, 4.69) is 53.8 Å². The number of likely N-dealkylation sites (N-methyl/N-ethyl adjacent to an activating group) is 1. The van der Waals surface area contributed by atoms with Gasteiger partial charge >= 0.3 is 7.60 Å². The molecule has 2 unspecified atom stereocenters. The first-order chi connectivity index (χ1) is 16.9. The molecular formula is C29H54INO4P+. The van der Waals surface area contributed by atoms with Crippen molar-refractivity contribution in [2.24, 2.45) is 0 Å². The van der Waals surface area contributed by atoms with E-state index in [-0.39, 0.29) is 13.0 Å². The Bertz CT molecular complexity index is 747. The van der Waals surface area contributed by atoms with Crippen LogP contribution < -0.4 is 0 Å². The Morgan fingerprint density at radius 3 is 1.69 bits per heavy atom. The van der Waals surface area contributed by atoms with Gasteiger partial charge in [0.2, 0.25) is 5.34 Å². The summed E-state index contributed by atoms with van der Waals surface area (Å²) in [5.41, 5.74) is 1.51. The Labute approximate surface area is 235 Å². The zero-order valence-electron chi connectivity index (χ0n) is 23.4. The van der Waals surface area contributed by atoms with Crippen LogP contribution in [0.3, 0.4) is 0 Å². The lowest BCUT2D eigenvalue weighted by molar-refractivity contribution is -0.875. The highest BCUT2D eigenvalue weighted by Crippen LogP contribution is 2.52. The highest BCUT2D eigenvalue weighted by atomic mass is 127. The maximum atomic E-state index is 11.9. The summed E-state index contributed by atoms with van der Waals surface area (Å²) < 4.78 is 13.5. The van der Waals surface area contributed by atoms with Crippen LogP contribution >= 0.6 is 30.2 Å². The molecule has 7 heteroatoms. The SMILES string of the molecule is CCCCCCC(CCCCCCCCCCCC(O)(C[N+](C)(C)C)P(=O)(O)O)c1ccc(I)cc1. The molecule has 2 atom stereocenters. The van der Waals surface area contributed by atoms with Crippen molar-refractivity contribution in [2.45, 2.75) is 121 Å². The second-order valence-corrected chi connectivity index (χ2v) is 15.0. The van der Waals surface area contributed by atoms with Crippen molar-refractivity contribution < 1.29 is 23.9 Å². The summed E-state index contributed by atoms with van der Waals surface area (Å²) >= 11 is 2.38. The standard InChI is InChI=1S/C29H53INO4P/c1-5-6-7-15-18-26(27-20-22-28(30)23-21-27)19-16-13-11-9-8-10-12-14-17-24-29(32,36(33,34)35)25-31(2,3)4/h20-23,26,32H,5-19,24-25H2,1-4H3,(H-,33,34,35)/p+1. The van der Waals surface area contributed by atoms with E-state index >= 15 is 0 Å². The van der Waals surface area contributed by atoms with Crippen molar-refractivity contribution in [3.63, 3.8) is 0 Å². The van der Waals surface area contributed by atoms with E-state index in [1.165, 1.54) is 79.8 Å². The van der Waals surface area contributed by atoms with E-state index in [0.29, 0.717) is 16.8 Å². The Morgan fingerprint density at radius 1 is 0.806 bits per heavy atom. The third-order valence-corrected chi connectivity index (χ3v) is 9.32. The number of unbranched alkanes of at least 4 members (excludes halogenated alkanes) is 11. The molecule has 1 aromatic rings. The van der Waals surface area contributed by atoms with Crippen molar-refractivity contribution in [3.8, 4) is 0 Å². The molecule has 210 valence electrons. The van der Waals surface area contributed by atoms with Gasteiger partial charge in [0, 0.05) is 3.57 Å². The van der Waals surface area contributed by atoms with E-state index < -0.39 is 12.9 Å². The highest BCUT2D eigenvalue weighted by molar-refractivity contribution is 14.1. The molecule has 0 aromatic heterocycles. The number of rotatable bonds is 21. The largest absolute Gasteiger partial charge is 0.373 e. The summed E-state index contributed by atoms with van der Waals surface area (Å²) in [6.45, 7) is 2.33. The number of aliphatic hydroxyl groups is 1. The molecule has 0 spiro atoms. The molecule has 1 aromatic carbocycles. The van der Waals surface area contributed by atoms with Crippen LogP contribution in [0.25, 0.3) is 0 Å². The summed E-state index contributed by atoms with van der Waals surface area (Å²) in [5, 5.41) is 8.70. The molecule has 0 bridgehead atoms. The van der Waals surface area contributed by atoms with Crippen molar-refractivity contribution in [1.82, 2.24) is 0 Å². The van der Waals surface area contributed by atoms with Gasteiger partial charge in [-0.25, -0.2) is 0 Å². The summed E-state index contributed by atoms with van der Waals surface area (Å²) in [4.78, 5) is 19.3.